The zero-order valence-corrected chi connectivity index (χ0v) is 17.4. The zero-order chi connectivity index (χ0) is 21.5. The van der Waals surface area contributed by atoms with Crippen molar-refractivity contribution in [1.29, 1.82) is 0 Å². The molecule has 3 aromatic rings. The fourth-order valence-electron chi connectivity index (χ4n) is 3.59. The molecule has 9 nitrogen and oxygen atoms in total. The van der Waals surface area contributed by atoms with Crippen LogP contribution in [0.25, 0.3) is 11.1 Å². The van der Waals surface area contributed by atoms with Crippen molar-refractivity contribution in [3.8, 4) is 0 Å². The minimum absolute atomic E-state index is 0.00330. The van der Waals surface area contributed by atoms with E-state index in [1.165, 1.54) is 36.9 Å². The highest BCUT2D eigenvalue weighted by atomic mass is 32.2. The van der Waals surface area contributed by atoms with E-state index in [9.17, 15) is 18.0 Å². The summed E-state index contributed by atoms with van der Waals surface area (Å²) in [5.41, 5.74) is 2.68. The van der Waals surface area contributed by atoms with Gasteiger partial charge < -0.3 is 14.1 Å². The highest BCUT2D eigenvalue weighted by Gasteiger charge is 2.24. The van der Waals surface area contributed by atoms with E-state index in [-0.39, 0.29) is 17.4 Å². The number of aromatic nitrogens is 1. The summed E-state index contributed by atoms with van der Waals surface area (Å²) >= 11 is 0. The third kappa shape index (κ3) is 3.59. The molecule has 1 aliphatic rings. The van der Waals surface area contributed by atoms with Crippen LogP contribution in [0.2, 0.25) is 0 Å². The molecule has 0 bridgehead atoms. The van der Waals surface area contributed by atoms with Crippen LogP contribution in [0.1, 0.15) is 12.0 Å². The van der Waals surface area contributed by atoms with Gasteiger partial charge in [0.25, 0.3) is 15.9 Å². The Bertz CT molecular complexity index is 1290. The maximum Gasteiger partial charge on any atom is 0.419 e. The predicted molar refractivity (Wildman–Crippen MR) is 111 cm³/mol. The number of aryl methyl sites for hydroxylation is 2. The molecule has 2 heterocycles. The molecule has 1 aliphatic heterocycles. The van der Waals surface area contributed by atoms with Gasteiger partial charge in [-0.05, 0) is 48.7 Å². The normalized spacial score (nSPS) is 14.0. The van der Waals surface area contributed by atoms with Gasteiger partial charge in [0.05, 0.1) is 16.1 Å². The molecule has 4 rings (SSSR count). The number of hydrogen-bond donors (Lipinski definition) is 1. The summed E-state index contributed by atoms with van der Waals surface area (Å²) in [7, 11) is -0.957. The molecule has 1 amide bonds. The number of sulfonamides is 1. The van der Waals surface area contributed by atoms with Crippen molar-refractivity contribution in [2.45, 2.75) is 17.7 Å². The third-order valence-corrected chi connectivity index (χ3v) is 6.48. The largest absolute Gasteiger partial charge is 0.419 e. The summed E-state index contributed by atoms with van der Waals surface area (Å²) < 4.78 is 39.6. The van der Waals surface area contributed by atoms with Crippen molar-refractivity contribution < 1.29 is 22.4 Å². The molecule has 2 aromatic carbocycles. The number of carbonyl (C=O) groups excluding carboxylic acids is 1. The number of hydrogen-bond acceptors (Lipinski definition) is 6. The van der Waals surface area contributed by atoms with Gasteiger partial charge in [0.15, 0.2) is 5.58 Å². The van der Waals surface area contributed by atoms with Gasteiger partial charge >= 0.3 is 5.76 Å². The molecule has 0 aliphatic carbocycles. The number of fused-ring (bicyclic) bond motifs is 2. The Labute approximate surface area is 172 Å². The van der Waals surface area contributed by atoms with Crippen LogP contribution >= 0.6 is 0 Å². The first-order valence-electron chi connectivity index (χ1n) is 9.35. The highest BCUT2D eigenvalue weighted by molar-refractivity contribution is 7.92. The SMILES string of the molecule is COCC(=O)N1CCCc2ccc(NS(=O)(=O)c3ccc4oc(=O)n(C)c4c3)cc21. The Hall–Kier alpha value is -3.11. The molecule has 0 fully saturated rings. The summed E-state index contributed by atoms with van der Waals surface area (Å²) in [4.78, 5) is 25.6. The van der Waals surface area contributed by atoms with Crippen molar-refractivity contribution in [3.63, 3.8) is 0 Å². The number of amides is 1. The average Bonchev–Trinajstić information content (AvgIpc) is 3.00. The van der Waals surface area contributed by atoms with Crippen LogP contribution < -0.4 is 15.4 Å². The second-order valence-electron chi connectivity index (χ2n) is 7.09. The molecule has 30 heavy (non-hydrogen) atoms. The quantitative estimate of drug-likeness (QED) is 0.660. The van der Waals surface area contributed by atoms with E-state index in [0.29, 0.717) is 29.0 Å². The lowest BCUT2D eigenvalue weighted by molar-refractivity contribution is -0.122. The topological polar surface area (TPSA) is 111 Å². The molecule has 0 radical (unpaired) electrons. The number of anilines is 2. The monoisotopic (exact) mass is 431 g/mol. The van der Waals surface area contributed by atoms with E-state index < -0.39 is 15.8 Å². The van der Waals surface area contributed by atoms with E-state index in [4.69, 9.17) is 9.15 Å². The first-order valence-corrected chi connectivity index (χ1v) is 10.8. The van der Waals surface area contributed by atoms with Crippen LogP contribution in [-0.2, 0) is 33.0 Å². The molecule has 1 N–H and O–H groups in total. The zero-order valence-electron chi connectivity index (χ0n) is 16.5. The molecular weight excluding hydrogens is 410 g/mol. The first-order chi connectivity index (χ1) is 14.3. The molecule has 0 unspecified atom stereocenters. The number of nitrogens with one attached hydrogen (secondary N) is 1. The summed E-state index contributed by atoms with van der Waals surface area (Å²) in [5, 5.41) is 0. The van der Waals surface area contributed by atoms with E-state index in [0.717, 1.165) is 18.4 Å². The summed E-state index contributed by atoms with van der Waals surface area (Å²) in [5.74, 6) is -0.743. The Morgan fingerprint density at radius 3 is 2.80 bits per heavy atom. The minimum Gasteiger partial charge on any atom is -0.408 e. The van der Waals surface area contributed by atoms with Crippen molar-refractivity contribution in [2.24, 2.45) is 7.05 Å². The molecule has 0 saturated heterocycles. The Morgan fingerprint density at radius 1 is 1.23 bits per heavy atom. The third-order valence-electron chi connectivity index (χ3n) is 5.10. The molecular formula is C20H21N3O6S. The first kappa shape index (κ1) is 20.2. The Morgan fingerprint density at radius 2 is 2.03 bits per heavy atom. The molecule has 10 heteroatoms. The van der Waals surface area contributed by atoms with E-state index in [1.54, 1.807) is 17.0 Å². The standard InChI is InChI=1S/C20H21N3O6S/c1-22-17-11-15(7-8-18(17)29-20(22)25)30(26,27)21-14-6-5-13-4-3-9-23(16(13)10-14)19(24)12-28-2/h5-8,10-11,21H,3-4,9,12H2,1-2H3. The molecule has 0 atom stereocenters. The molecule has 0 spiro atoms. The van der Waals surface area contributed by atoms with Crippen molar-refractivity contribution in [2.75, 3.05) is 29.9 Å². The number of carbonyl (C=O) groups is 1. The van der Waals surface area contributed by atoms with Crippen LogP contribution in [0.4, 0.5) is 11.4 Å². The van der Waals surface area contributed by atoms with Crippen LogP contribution in [0.3, 0.4) is 0 Å². The smallest absolute Gasteiger partial charge is 0.408 e. The van der Waals surface area contributed by atoms with Gasteiger partial charge in [-0.2, -0.15) is 0 Å². The molecule has 1 aromatic heterocycles. The summed E-state index contributed by atoms with van der Waals surface area (Å²) in [6.07, 6.45) is 1.64. The Kier molecular flexibility index (Phi) is 5.12. The fourth-order valence-corrected chi connectivity index (χ4v) is 4.66. The second-order valence-corrected chi connectivity index (χ2v) is 8.77. The van der Waals surface area contributed by atoms with E-state index in [1.807, 2.05) is 6.07 Å². The van der Waals surface area contributed by atoms with Gasteiger partial charge in [0.2, 0.25) is 0 Å². The summed E-state index contributed by atoms with van der Waals surface area (Å²) in [6, 6.07) is 9.36. The average molecular weight is 431 g/mol. The van der Waals surface area contributed by atoms with E-state index >= 15 is 0 Å². The number of oxazole rings is 1. The van der Waals surface area contributed by atoms with Crippen molar-refractivity contribution in [1.82, 2.24) is 4.57 Å². The lowest BCUT2D eigenvalue weighted by Gasteiger charge is -2.30. The van der Waals surface area contributed by atoms with Crippen LogP contribution in [0, 0.1) is 0 Å². The van der Waals surface area contributed by atoms with Crippen LogP contribution in [-0.4, -0.2) is 39.2 Å². The lowest BCUT2D eigenvalue weighted by atomic mass is 10.0. The number of benzene rings is 2. The number of nitrogens with zero attached hydrogens (tertiary/aromatic N) is 2. The van der Waals surface area contributed by atoms with Gasteiger partial charge in [-0.15, -0.1) is 0 Å². The van der Waals surface area contributed by atoms with Gasteiger partial charge in [-0.1, -0.05) is 6.07 Å². The van der Waals surface area contributed by atoms with Crippen molar-refractivity contribution >= 4 is 38.4 Å². The second kappa shape index (κ2) is 7.62. The number of ether oxygens (including phenoxy) is 1. The number of methoxy groups -OCH3 is 1. The maximum absolute atomic E-state index is 12.9. The maximum atomic E-state index is 12.9. The van der Waals surface area contributed by atoms with Crippen molar-refractivity contribution in [3.05, 3.63) is 52.5 Å². The van der Waals surface area contributed by atoms with Gasteiger partial charge in [-0.25, -0.2) is 13.2 Å². The van der Waals surface area contributed by atoms with Gasteiger partial charge in [0, 0.05) is 26.4 Å². The minimum atomic E-state index is -3.92. The van der Waals surface area contributed by atoms with E-state index in [2.05, 4.69) is 4.72 Å². The number of rotatable bonds is 5. The summed E-state index contributed by atoms with van der Waals surface area (Å²) in [6.45, 7) is 0.509. The van der Waals surface area contributed by atoms with Crippen LogP contribution in [0.15, 0.2) is 50.5 Å². The Balaban J connectivity index is 1.67. The lowest BCUT2D eigenvalue weighted by Crippen LogP contribution is -2.37. The fraction of sp³-hybridized carbons (Fsp3) is 0.300. The van der Waals surface area contributed by atoms with Crippen LogP contribution in [0.5, 0.6) is 0 Å². The van der Waals surface area contributed by atoms with Gasteiger partial charge in [0.1, 0.15) is 6.61 Å². The highest BCUT2D eigenvalue weighted by Crippen LogP contribution is 2.31. The molecule has 158 valence electrons. The predicted octanol–water partition coefficient (Wildman–Crippen LogP) is 1.86. The molecule has 0 saturated carbocycles. The van der Waals surface area contributed by atoms with Gasteiger partial charge in [-0.3, -0.25) is 14.1 Å².